The number of nitrogen functional groups attached to an aromatic ring is 1. The van der Waals surface area contributed by atoms with E-state index in [1.807, 2.05) is 0 Å². The molecule has 0 fully saturated rings. The number of benzene rings is 1. The molecule has 1 aromatic carbocycles. The van der Waals surface area contributed by atoms with E-state index in [0.29, 0.717) is 30.2 Å². The van der Waals surface area contributed by atoms with Gasteiger partial charge in [-0.1, -0.05) is 0 Å². The maximum absolute atomic E-state index is 11.8. The van der Waals surface area contributed by atoms with E-state index in [0.717, 1.165) is 0 Å². The summed E-state index contributed by atoms with van der Waals surface area (Å²) >= 11 is 0. The van der Waals surface area contributed by atoms with Gasteiger partial charge in [0.2, 0.25) is 5.91 Å². The van der Waals surface area contributed by atoms with Gasteiger partial charge in [0.05, 0.1) is 18.6 Å². The maximum atomic E-state index is 11.8. The van der Waals surface area contributed by atoms with Gasteiger partial charge in [-0.3, -0.25) is 4.79 Å². The molecule has 0 aliphatic carbocycles. The molecular formula is C13H20N2O5S. The number of amides is 1. The minimum absolute atomic E-state index is 0.0949. The Hall–Kier alpha value is -1.80. The molecule has 0 heterocycles. The second kappa shape index (κ2) is 7.84. The van der Waals surface area contributed by atoms with Crippen LogP contribution in [-0.2, 0) is 19.4 Å². The topological polar surface area (TPSA) is 108 Å². The van der Waals surface area contributed by atoms with E-state index in [1.54, 1.807) is 12.1 Å². The fourth-order valence-corrected chi connectivity index (χ4v) is 2.88. The van der Waals surface area contributed by atoms with Crippen molar-refractivity contribution < 1.29 is 22.7 Å². The normalized spacial score (nSPS) is 11.1. The van der Waals surface area contributed by atoms with E-state index in [4.69, 9.17) is 15.2 Å². The Morgan fingerprint density at radius 1 is 1.33 bits per heavy atom. The van der Waals surface area contributed by atoms with Crippen LogP contribution in [0.5, 0.6) is 5.75 Å². The molecule has 1 aromatic rings. The zero-order chi connectivity index (χ0) is 15.9. The van der Waals surface area contributed by atoms with Crippen molar-refractivity contribution in [3.63, 3.8) is 0 Å². The van der Waals surface area contributed by atoms with E-state index in [2.05, 4.69) is 5.32 Å². The fraction of sp³-hybridized carbons (Fsp3) is 0.462. The molecule has 0 radical (unpaired) electrons. The van der Waals surface area contributed by atoms with Crippen LogP contribution < -0.4 is 15.8 Å². The van der Waals surface area contributed by atoms with Crippen molar-refractivity contribution >= 4 is 27.1 Å². The molecule has 0 aliphatic rings. The largest absolute Gasteiger partial charge is 0.495 e. The fourth-order valence-electron chi connectivity index (χ4n) is 1.70. The van der Waals surface area contributed by atoms with Gasteiger partial charge in [0.1, 0.15) is 11.5 Å². The first-order valence-electron chi connectivity index (χ1n) is 6.30. The number of carbonyl (C=O) groups is 1. The first-order valence-corrected chi connectivity index (χ1v) is 8.13. The lowest BCUT2D eigenvalue weighted by Gasteiger charge is -2.11. The molecule has 0 atom stereocenters. The Bertz CT molecular complexity index is 586. The van der Waals surface area contributed by atoms with Crippen LogP contribution in [0, 0.1) is 0 Å². The van der Waals surface area contributed by atoms with Crippen molar-refractivity contribution in [3.8, 4) is 5.75 Å². The van der Waals surface area contributed by atoms with Crippen LogP contribution in [0.1, 0.15) is 6.42 Å². The smallest absolute Gasteiger partial charge is 0.239 e. The van der Waals surface area contributed by atoms with Gasteiger partial charge in [-0.2, -0.15) is 0 Å². The summed E-state index contributed by atoms with van der Waals surface area (Å²) in [5.41, 5.74) is 6.41. The first-order chi connectivity index (χ1) is 9.88. The van der Waals surface area contributed by atoms with Crippen molar-refractivity contribution in [1.29, 1.82) is 0 Å². The summed E-state index contributed by atoms with van der Waals surface area (Å²) in [4.78, 5) is 11.8. The Kier molecular flexibility index (Phi) is 6.44. The summed E-state index contributed by atoms with van der Waals surface area (Å²) in [6.07, 6.45) is 0.355. The summed E-state index contributed by atoms with van der Waals surface area (Å²) in [7, 11) is -0.528. The highest BCUT2D eigenvalue weighted by Gasteiger charge is 2.17. The summed E-state index contributed by atoms with van der Waals surface area (Å²) < 4.78 is 33.4. The lowest BCUT2D eigenvalue weighted by atomic mass is 10.2. The summed E-state index contributed by atoms with van der Waals surface area (Å²) in [6, 6.07) is 4.72. The van der Waals surface area contributed by atoms with Crippen LogP contribution >= 0.6 is 0 Å². The van der Waals surface area contributed by atoms with E-state index < -0.39 is 21.5 Å². The molecule has 118 valence electrons. The lowest BCUT2D eigenvalue weighted by molar-refractivity contribution is -0.113. The van der Waals surface area contributed by atoms with Crippen LogP contribution in [0.4, 0.5) is 11.4 Å². The third kappa shape index (κ3) is 6.01. The maximum Gasteiger partial charge on any atom is 0.239 e. The van der Waals surface area contributed by atoms with Crippen molar-refractivity contribution in [2.75, 3.05) is 43.4 Å². The molecule has 0 aliphatic heterocycles. The number of nitrogens with two attached hydrogens (primary N) is 1. The van der Waals surface area contributed by atoms with Crippen LogP contribution in [0.25, 0.3) is 0 Å². The number of carbonyl (C=O) groups excluding carboxylic acids is 1. The lowest BCUT2D eigenvalue weighted by Crippen LogP contribution is -2.25. The predicted octanol–water partition coefficient (Wildman–Crippen LogP) is 0.667. The van der Waals surface area contributed by atoms with Crippen LogP contribution in [0.3, 0.4) is 0 Å². The van der Waals surface area contributed by atoms with E-state index >= 15 is 0 Å². The highest BCUT2D eigenvalue weighted by molar-refractivity contribution is 7.92. The molecule has 0 spiro atoms. The number of methoxy groups -OCH3 is 2. The van der Waals surface area contributed by atoms with Gasteiger partial charge >= 0.3 is 0 Å². The summed E-state index contributed by atoms with van der Waals surface area (Å²) in [6.45, 7) is 0.337. The molecule has 0 saturated carbocycles. The molecule has 21 heavy (non-hydrogen) atoms. The van der Waals surface area contributed by atoms with E-state index in [-0.39, 0.29) is 5.75 Å². The Morgan fingerprint density at radius 2 is 2.05 bits per heavy atom. The number of hydrogen-bond donors (Lipinski definition) is 2. The number of ether oxygens (including phenoxy) is 2. The van der Waals surface area contributed by atoms with Gasteiger partial charge in [0.25, 0.3) is 0 Å². The Morgan fingerprint density at radius 3 is 2.67 bits per heavy atom. The van der Waals surface area contributed by atoms with Crippen LogP contribution in [-0.4, -0.2) is 46.7 Å². The molecule has 1 amide bonds. The average Bonchev–Trinajstić information content (AvgIpc) is 2.38. The number of hydrogen-bond acceptors (Lipinski definition) is 6. The van der Waals surface area contributed by atoms with Crippen LogP contribution in [0.15, 0.2) is 18.2 Å². The van der Waals surface area contributed by atoms with Gasteiger partial charge in [-0.25, -0.2) is 8.42 Å². The average molecular weight is 316 g/mol. The molecule has 7 nitrogen and oxygen atoms in total. The number of rotatable bonds is 8. The van der Waals surface area contributed by atoms with Gasteiger partial charge in [0, 0.05) is 19.4 Å². The molecule has 8 heteroatoms. The van der Waals surface area contributed by atoms with Gasteiger partial charge < -0.3 is 20.5 Å². The van der Waals surface area contributed by atoms with Crippen molar-refractivity contribution in [2.24, 2.45) is 0 Å². The number of anilines is 2. The molecule has 1 rings (SSSR count). The molecule has 0 unspecified atom stereocenters. The molecule has 0 aromatic heterocycles. The first kappa shape index (κ1) is 17.3. The standard InChI is InChI=1S/C13H20N2O5S/c1-19-6-3-7-21(17,18)9-13(16)15-11-8-10(14)4-5-12(11)20-2/h4-5,8H,3,6-7,9,14H2,1-2H3,(H,15,16). The van der Waals surface area contributed by atoms with Crippen LogP contribution in [0.2, 0.25) is 0 Å². The molecule has 0 saturated heterocycles. The van der Waals surface area contributed by atoms with Gasteiger partial charge in [0.15, 0.2) is 9.84 Å². The molecule has 3 N–H and O–H groups in total. The SMILES string of the molecule is COCCCS(=O)(=O)CC(=O)Nc1cc(N)ccc1OC. The van der Waals surface area contributed by atoms with Crippen molar-refractivity contribution in [3.05, 3.63) is 18.2 Å². The van der Waals surface area contributed by atoms with Gasteiger partial charge in [-0.15, -0.1) is 0 Å². The number of nitrogens with one attached hydrogen (secondary N) is 1. The number of sulfone groups is 1. The highest BCUT2D eigenvalue weighted by atomic mass is 32.2. The second-order valence-corrected chi connectivity index (χ2v) is 6.63. The van der Waals surface area contributed by atoms with Crippen molar-refractivity contribution in [1.82, 2.24) is 0 Å². The quantitative estimate of drug-likeness (QED) is 0.539. The monoisotopic (exact) mass is 316 g/mol. The zero-order valence-electron chi connectivity index (χ0n) is 12.1. The minimum atomic E-state index is -3.47. The summed E-state index contributed by atoms with van der Waals surface area (Å²) in [5.74, 6) is -0.901. The van der Waals surface area contributed by atoms with Gasteiger partial charge in [-0.05, 0) is 24.6 Å². The minimum Gasteiger partial charge on any atom is -0.495 e. The zero-order valence-corrected chi connectivity index (χ0v) is 12.9. The van der Waals surface area contributed by atoms with E-state index in [9.17, 15) is 13.2 Å². The third-order valence-electron chi connectivity index (χ3n) is 2.65. The molecular weight excluding hydrogens is 296 g/mol. The predicted molar refractivity (Wildman–Crippen MR) is 81.2 cm³/mol. The highest BCUT2D eigenvalue weighted by Crippen LogP contribution is 2.26. The second-order valence-electron chi connectivity index (χ2n) is 4.45. The third-order valence-corrected chi connectivity index (χ3v) is 4.27. The Labute approximate surface area is 124 Å². The molecule has 0 bridgehead atoms. The summed E-state index contributed by atoms with van der Waals surface area (Å²) in [5, 5.41) is 2.49. The van der Waals surface area contributed by atoms with Crippen molar-refractivity contribution in [2.45, 2.75) is 6.42 Å². The van der Waals surface area contributed by atoms with E-state index in [1.165, 1.54) is 20.3 Å². The Balaban J connectivity index is 2.67.